The number of aromatic nitrogens is 2. The first-order valence-corrected chi connectivity index (χ1v) is 8.65. The van der Waals surface area contributed by atoms with Crippen molar-refractivity contribution in [3.05, 3.63) is 11.4 Å². The first-order chi connectivity index (χ1) is 9.94. The molecule has 1 aromatic heterocycles. The van der Waals surface area contributed by atoms with E-state index in [0.717, 1.165) is 19.5 Å². The van der Waals surface area contributed by atoms with Gasteiger partial charge in [0.25, 0.3) is 0 Å². The summed E-state index contributed by atoms with van der Waals surface area (Å²) in [4.78, 5) is 0.272. The van der Waals surface area contributed by atoms with Gasteiger partial charge in [-0.1, -0.05) is 6.92 Å². The summed E-state index contributed by atoms with van der Waals surface area (Å²) in [7, 11) is -2.01. The number of hydrogen-bond acceptors (Lipinski definition) is 5. The predicted molar refractivity (Wildman–Crippen MR) is 81.9 cm³/mol. The number of sulfonamides is 1. The van der Waals surface area contributed by atoms with Gasteiger partial charge in [0.15, 0.2) is 0 Å². The summed E-state index contributed by atoms with van der Waals surface area (Å²) in [5.74, 6) is 0. The van der Waals surface area contributed by atoms with Gasteiger partial charge in [-0.2, -0.15) is 5.10 Å². The van der Waals surface area contributed by atoms with E-state index >= 15 is 0 Å². The van der Waals surface area contributed by atoms with E-state index in [9.17, 15) is 8.42 Å². The molecule has 2 N–H and O–H groups in total. The average Bonchev–Trinajstić information content (AvgIpc) is 2.70. The summed E-state index contributed by atoms with van der Waals surface area (Å²) in [6.07, 6.45) is 1.07. The molecule has 8 heteroatoms. The molecule has 21 heavy (non-hydrogen) atoms. The van der Waals surface area contributed by atoms with E-state index in [1.165, 1.54) is 7.11 Å². The van der Waals surface area contributed by atoms with Crippen LogP contribution in [-0.4, -0.2) is 51.5 Å². The van der Waals surface area contributed by atoms with Crippen LogP contribution in [0, 0.1) is 13.8 Å². The fourth-order valence-corrected chi connectivity index (χ4v) is 3.54. The van der Waals surface area contributed by atoms with E-state index in [1.807, 2.05) is 0 Å². The van der Waals surface area contributed by atoms with Crippen LogP contribution < -0.4 is 10.0 Å². The van der Waals surface area contributed by atoms with Gasteiger partial charge >= 0.3 is 0 Å². The number of rotatable bonds is 10. The van der Waals surface area contributed by atoms with Crippen LogP contribution in [0.4, 0.5) is 0 Å². The number of nitrogens with one attached hydrogen (secondary N) is 2. The lowest BCUT2D eigenvalue weighted by atomic mass is 10.4. The second-order valence-electron chi connectivity index (χ2n) is 4.86. The van der Waals surface area contributed by atoms with E-state index in [2.05, 4.69) is 22.1 Å². The van der Waals surface area contributed by atoms with Crippen molar-refractivity contribution in [2.75, 3.05) is 33.4 Å². The van der Waals surface area contributed by atoms with Crippen LogP contribution in [0.5, 0.6) is 0 Å². The van der Waals surface area contributed by atoms with Crippen molar-refractivity contribution >= 4 is 10.0 Å². The Morgan fingerprint density at radius 2 is 1.95 bits per heavy atom. The fraction of sp³-hybridized carbons (Fsp3) is 0.769. The minimum Gasteiger partial charge on any atom is -0.383 e. The van der Waals surface area contributed by atoms with Crippen LogP contribution in [-0.2, 0) is 21.3 Å². The Balaban J connectivity index is 2.81. The van der Waals surface area contributed by atoms with Gasteiger partial charge in [0, 0.05) is 20.2 Å². The Morgan fingerprint density at radius 3 is 2.57 bits per heavy atom. The molecule has 122 valence electrons. The summed E-state index contributed by atoms with van der Waals surface area (Å²) in [5.41, 5.74) is 1.18. The Kier molecular flexibility index (Phi) is 7.30. The quantitative estimate of drug-likeness (QED) is 0.611. The van der Waals surface area contributed by atoms with Crippen molar-refractivity contribution in [3.63, 3.8) is 0 Å². The first-order valence-electron chi connectivity index (χ1n) is 7.17. The maximum Gasteiger partial charge on any atom is 0.244 e. The summed E-state index contributed by atoms with van der Waals surface area (Å²) >= 11 is 0. The Labute approximate surface area is 127 Å². The van der Waals surface area contributed by atoms with Crippen molar-refractivity contribution in [3.8, 4) is 0 Å². The molecule has 0 spiro atoms. The maximum atomic E-state index is 12.3. The topological polar surface area (TPSA) is 85.2 Å². The highest BCUT2D eigenvalue weighted by Crippen LogP contribution is 2.18. The monoisotopic (exact) mass is 318 g/mol. The molecular formula is C13H26N4O3S. The second kappa shape index (κ2) is 8.47. The van der Waals surface area contributed by atoms with Gasteiger partial charge in [-0.15, -0.1) is 0 Å². The number of methoxy groups -OCH3 is 1. The van der Waals surface area contributed by atoms with Crippen molar-refractivity contribution in [2.45, 2.75) is 38.6 Å². The lowest BCUT2D eigenvalue weighted by molar-refractivity contribution is 0.204. The van der Waals surface area contributed by atoms with Gasteiger partial charge in [-0.05, 0) is 26.8 Å². The molecule has 7 nitrogen and oxygen atoms in total. The van der Waals surface area contributed by atoms with Crippen molar-refractivity contribution < 1.29 is 13.2 Å². The number of nitrogens with zero attached hydrogens (tertiary/aromatic N) is 2. The standard InChI is InChI=1S/C13H26N4O3S/c1-5-6-14-7-9-17-12(3)13(11(2)16-17)21(18,19)15-8-10-20-4/h14-15H,5-10H2,1-4H3. The zero-order chi connectivity index (χ0) is 15.9. The molecule has 0 saturated carbocycles. The van der Waals surface area contributed by atoms with Crippen LogP contribution in [0.25, 0.3) is 0 Å². The Bertz CT molecular complexity index is 540. The molecule has 1 heterocycles. The molecular weight excluding hydrogens is 292 g/mol. The maximum absolute atomic E-state index is 12.3. The van der Waals surface area contributed by atoms with Crippen LogP contribution in [0.2, 0.25) is 0 Å². The normalized spacial score (nSPS) is 12.0. The Hall–Kier alpha value is -0.960. The number of hydrogen-bond donors (Lipinski definition) is 2. The smallest absolute Gasteiger partial charge is 0.244 e. The first kappa shape index (κ1) is 18.1. The van der Waals surface area contributed by atoms with Gasteiger partial charge in [-0.25, -0.2) is 13.1 Å². The fourth-order valence-electron chi connectivity index (χ4n) is 2.12. The third kappa shape index (κ3) is 5.06. The molecule has 0 radical (unpaired) electrons. The Morgan fingerprint density at radius 1 is 1.24 bits per heavy atom. The van der Waals surface area contributed by atoms with Crippen LogP contribution in [0.3, 0.4) is 0 Å². The highest BCUT2D eigenvalue weighted by molar-refractivity contribution is 7.89. The minimum atomic E-state index is -3.54. The number of aryl methyl sites for hydroxylation is 1. The molecule has 1 aromatic rings. The molecule has 0 aliphatic heterocycles. The van der Waals surface area contributed by atoms with E-state index in [1.54, 1.807) is 18.5 Å². The number of ether oxygens (including phenoxy) is 1. The molecule has 0 atom stereocenters. The van der Waals surface area contributed by atoms with Crippen LogP contribution >= 0.6 is 0 Å². The van der Waals surface area contributed by atoms with E-state index in [0.29, 0.717) is 24.5 Å². The van der Waals surface area contributed by atoms with E-state index in [4.69, 9.17) is 4.74 Å². The average molecular weight is 318 g/mol. The van der Waals surface area contributed by atoms with Crippen molar-refractivity contribution in [1.82, 2.24) is 19.8 Å². The molecule has 0 saturated heterocycles. The van der Waals surface area contributed by atoms with Crippen LogP contribution in [0.15, 0.2) is 4.90 Å². The minimum absolute atomic E-state index is 0.251. The SMILES string of the molecule is CCCNCCn1nc(C)c(S(=O)(=O)NCCOC)c1C. The summed E-state index contributed by atoms with van der Waals surface area (Å²) in [5, 5.41) is 7.61. The van der Waals surface area contributed by atoms with Gasteiger partial charge in [0.1, 0.15) is 4.90 Å². The molecule has 0 unspecified atom stereocenters. The summed E-state index contributed by atoms with van der Waals surface area (Å²) in [6, 6.07) is 0. The summed E-state index contributed by atoms with van der Waals surface area (Å²) < 4.78 is 33.7. The highest BCUT2D eigenvalue weighted by atomic mass is 32.2. The van der Waals surface area contributed by atoms with E-state index < -0.39 is 10.0 Å². The molecule has 0 aliphatic rings. The molecule has 1 rings (SSSR count). The van der Waals surface area contributed by atoms with Gasteiger partial charge in [0.2, 0.25) is 10.0 Å². The van der Waals surface area contributed by atoms with E-state index in [-0.39, 0.29) is 11.4 Å². The predicted octanol–water partition coefficient (Wildman–Crippen LogP) is 0.424. The van der Waals surface area contributed by atoms with Crippen LogP contribution in [0.1, 0.15) is 24.7 Å². The molecule has 0 amide bonds. The van der Waals surface area contributed by atoms with Gasteiger partial charge < -0.3 is 10.1 Å². The lowest BCUT2D eigenvalue weighted by Gasteiger charge is -2.08. The molecule has 0 fully saturated rings. The molecule has 0 aromatic carbocycles. The highest BCUT2D eigenvalue weighted by Gasteiger charge is 2.23. The van der Waals surface area contributed by atoms with Crippen molar-refractivity contribution in [2.24, 2.45) is 0 Å². The molecule has 0 aliphatic carbocycles. The summed E-state index contributed by atoms with van der Waals surface area (Å²) in [6.45, 7) is 8.56. The van der Waals surface area contributed by atoms with Gasteiger partial charge in [-0.3, -0.25) is 4.68 Å². The third-order valence-electron chi connectivity index (χ3n) is 3.11. The van der Waals surface area contributed by atoms with Crippen molar-refractivity contribution in [1.29, 1.82) is 0 Å². The zero-order valence-electron chi connectivity index (χ0n) is 13.3. The third-order valence-corrected chi connectivity index (χ3v) is 4.82. The second-order valence-corrected chi connectivity index (χ2v) is 6.57. The van der Waals surface area contributed by atoms with Gasteiger partial charge in [0.05, 0.1) is 24.5 Å². The zero-order valence-corrected chi connectivity index (χ0v) is 14.1. The largest absolute Gasteiger partial charge is 0.383 e. The molecule has 0 bridgehead atoms. The lowest BCUT2D eigenvalue weighted by Crippen LogP contribution is -2.28.